The number of aliphatic carboxylic acids is 1. The van der Waals surface area contributed by atoms with Crippen molar-refractivity contribution in [3.63, 3.8) is 0 Å². The minimum absolute atomic E-state index is 0.0705. The van der Waals surface area contributed by atoms with Gasteiger partial charge in [-0.25, -0.2) is 4.68 Å². The molecule has 1 aliphatic heterocycles. The number of carbonyl (C=O) groups is 2. The smallest absolute Gasteiger partial charge is 0.311 e. The van der Waals surface area contributed by atoms with E-state index in [1.807, 2.05) is 38.1 Å². The molecule has 4 rings (SSSR count). The highest BCUT2D eigenvalue weighted by Crippen LogP contribution is 2.38. The summed E-state index contributed by atoms with van der Waals surface area (Å²) in [5, 5.41) is 20.0. The first-order valence-electron chi connectivity index (χ1n) is 9.63. The van der Waals surface area contributed by atoms with E-state index in [0.29, 0.717) is 18.7 Å². The minimum Gasteiger partial charge on any atom is -0.481 e. The zero-order valence-corrected chi connectivity index (χ0v) is 16.7. The van der Waals surface area contributed by atoms with Crippen LogP contribution < -0.4 is 0 Å². The summed E-state index contributed by atoms with van der Waals surface area (Å²) in [5.41, 5.74) is 0.775. The molecule has 150 valence electrons. The molecule has 0 radical (unpaired) electrons. The van der Waals surface area contributed by atoms with E-state index in [2.05, 4.69) is 15.3 Å². The Hall–Kier alpha value is -3.29. The molecule has 1 N–H and O–H groups in total. The molecule has 1 saturated heterocycles. The van der Waals surface area contributed by atoms with Crippen molar-refractivity contribution in [1.29, 1.82) is 0 Å². The number of amides is 1. The van der Waals surface area contributed by atoms with Gasteiger partial charge in [0.25, 0.3) is 5.91 Å². The monoisotopic (exact) mass is 393 g/mol. The van der Waals surface area contributed by atoms with E-state index >= 15 is 0 Å². The predicted octanol–water partition coefficient (Wildman–Crippen LogP) is 2.70. The molecule has 8 heteroatoms. The number of rotatable bonds is 4. The molecule has 1 amide bonds. The molecule has 1 atom stereocenters. The van der Waals surface area contributed by atoms with Gasteiger partial charge in [0, 0.05) is 36.3 Å². The Morgan fingerprint density at radius 2 is 2.03 bits per heavy atom. The topological polar surface area (TPSA) is 101 Å². The lowest BCUT2D eigenvalue weighted by molar-refractivity contribution is -0.150. The van der Waals surface area contributed by atoms with Gasteiger partial charge in [0.05, 0.1) is 16.8 Å². The molecule has 0 bridgehead atoms. The maximum atomic E-state index is 13.1. The Bertz CT molecular complexity index is 1100. The Labute approximate surface area is 168 Å². The van der Waals surface area contributed by atoms with E-state index in [0.717, 1.165) is 16.5 Å². The second-order valence-corrected chi connectivity index (χ2v) is 7.90. The van der Waals surface area contributed by atoms with Gasteiger partial charge >= 0.3 is 5.97 Å². The summed E-state index contributed by atoms with van der Waals surface area (Å²) in [7, 11) is 0. The normalized spacial score (nSPS) is 19.2. The molecule has 29 heavy (non-hydrogen) atoms. The maximum Gasteiger partial charge on any atom is 0.311 e. The van der Waals surface area contributed by atoms with Crippen LogP contribution in [0.5, 0.6) is 0 Å². The second kappa shape index (κ2) is 6.95. The van der Waals surface area contributed by atoms with Crippen LogP contribution in [0.1, 0.15) is 36.5 Å². The molecule has 0 saturated carbocycles. The van der Waals surface area contributed by atoms with Gasteiger partial charge in [-0.1, -0.05) is 31.2 Å². The Kier molecular flexibility index (Phi) is 4.56. The number of nitrogens with zero attached hydrogens (tertiary/aromatic N) is 5. The fourth-order valence-electron chi connectivity index (χ4n) is 4.09. The van der Waals surface area contributed by atoms with Crippen LogP contribution in [0.3, 0.4) is 0 Å². The summed E-state index contributed by atoms with van der Waals surface area (Å²) in [4.78, 5) is 30.7. The summed E-state index contributed by atoms with van der Waals surface area (Å²) in [6.07, 6.45) is 3.93. The van der Waals surface area contributed by atoms with E-state index in [9.17, 15) is 14.7 Å². The third kappa shape index (κ3) is 2.95. The summed E-state index contributed by atoms with van der Waals surface area (Å²) < 4.78 is 1.65. The van der Waals surface area contributed by atoms with Crippen LogP contribution in [0.25, 0.3) is 16.5 Å². The number of carboxylic acids is 1. The highest BCUT2D eigenvalue weighted by molar-refractivity contribution is 5.95. The van der Waals surface area contributed by atoms with Crippen LogP contribution in [-0.2, 0) is 4.79 Å². The van der Waals surface area contributed by atoms with Gasteiger partial charge in [-0.15, -0.1) is 5.10 Å². The van der Waals surface area contributed by atoms with Crippen LogP contribution in [0.4, 0.5) is 0 Å². The fourth-order valence-corrected chi connectivity index (χ4v) is 4.09. The van der Waals surface area contributed by atoms with Crippen LogP contribution in [0, 0.1) is 18.3 Å². The van der Waals surface area contributed by atoms with Crippen molar-refractivity contribution in [3.05, 3.63) is 48.0 Å². The number of hydrogen-bond acceptors (Lipinski definition) is 5. The molecular formula is C21H23N5O3. The van der Waals surface area contributed by atoms with E-state index < -0.39 is 11.4 Å². The van der Waals surface area contributed by atoms with Gasteiger partial charge in [0.15, 0.2) is 5.69 Å². The van der Waals surface area contributed by atoms with Crippen molar-refractivity contribution < 1.29 is 14.7 Å². The zero-order chi connectivity index (χ0) is 20.8. The van der Waals surface area contributed by atoms with Gasteiger partial charge in [-0.05, 0) is 31.4 Å². The lowest BCUT2D eigenvalue weighted by atomic mass is 9.76. The van der Waals surface area contributed by atoms with Crippen molar-refractivity contribution in [3.8, 4) is 5.69 Å². The Morgan fingerprint density at radius 1 is 1.24 bits per heavy atom. The fraction of sp³-hybridized carbons (Fsp3) is 0.381. The van der Waals surface area contributed by atoms with Crippen molar-refractivity contribution in [2.75, 3.05) is 13.1 Å². The third-order valence-electron chi connectivity index (χ3n) is 6.10. The highest BCUT2D eigenvalue weighted by Gasteiger charge is 2.49. The average molecular weight is 393 g/mol. The second-order valence-electron chi connectivity index (χ2n) is 7.90. The number of carbonyl (C=O) groups excluding carboxylic acids is 1. The molecule has 1 aromatic carbocycles. The third-order valence-corrected chi connectivity index (χ3v) is 6.10. The van der Waals surface area contributed by atoms with Crippen LogP contribution in [0.15, 0.2) is 36.7 Å². The zero-order valence-electron chi connectivity index (χ0n) is 16.7. The SMILES string of the molecule is Cc1c(C(=O)N2CCC(C(=O)O)(C(C)C)C2)nnn1-c1cccc2cnccc12. The van der Waals surface area contributed by atoms with E-state index in [4.69, 9.17) is 0 Å². The van der Waals surface area contributed by atoms with Crippen molar-refractivity contribution in [1.82, 2.24) is 24.9 Å². The van der Waals surface area contributed by atoms with Crippen LogP contribution >= 0.6 is 0 Å². The molecule has 2 aromatic heterocycles. The molecule has 3 aromatic rings. The van der Waals surface area contributed by atoms with E-state index in [1.54, 1.807) is 28.9 Å². The molecule has 0 spiro atoms. The van der Waals surface area contributed by atoms with Gasteiger partial charge in [-0.3, -0.25) is 14.6 Å². The highest BCUT2D eigenvalue weighted by atomic mass is 16.4. The molecule has 1 unspecified atom stereocenters. The van der Waals surface area contributed by atoms with E-state index in [1.165, 1.54) is 0 Å². The summed E-state index contributed by atoms with van der Waals surface area (Å²) >= 11 is 0. The Morgan fingerprint density at radius 3 is 2.72 bits per heavy atom. The molecule has 8 nitrogen and oxygen atoms in total. The first kappa shape index (κ1) is 19.0. The molecule has 0 aliphatic carbocycles. The van der Waals surface area contributed by atoms with Crippen molar-refractivity contribution in [2.24, 2.45) is 11.3 Å². The molecular weight excluding hydrogens is 370 g/mol. The number of hydrogen-bond donors (Lipinski definition) is 1. The van der Waals surface area contributed by atoms with Crippen molar-refractivity contribution >= 4 is 22.6 Å². The van der Waals surface area contributed by atoms with E-state index in [-0.39, 0.29) is 24.1 Å². The maximum absolute atomic E-state index is 13.1. The minimum atomic E-state index is -0.914. The summed E-state index contributed by atoms with van der Waals surface area (Å²) in [6.45, 7) is 6.16. The number of fused-ring (bicyclic) bond motifs is 1. The summed E-state index contributed by atoms with van der Waals surface area (Å²) in [5.74, 6) is -1.20. The lowest BCUT2D eigenvalue weighted by Crippen LogP contribution is -2.40. The van der Waals surface area contributed by atoms with Gasteiger partial charge in [-0.2, -0.15) is 0 Å². The lowest BCUT2D eigenvalue weighted by Gasteiger charge is -2.28. The predicted molar refractivity (Wildman–Crippen MR) is 107 cm³/mol. The van der Waals surface area contributed by atoms with Gasteiger partial charge in [0.2, 0.25) is 0 Å². The summed E-state index contributed by atoms with van der Waals surface area (Å²) in [6, 6.07) is 7.69. The van der Waals surface area contributed by atoms with Gasteiger partial charge in [0.1, 0.15) is 0 Å². The quantitative estimate of drug-likeness (QED) is 0.731. The number of likely N-dealkylation sites (tertiary alicyclic amines) is 1. The molecule has 1 fully saturated rings. The number of carboxylic acid groups (broad SMARTS) is 1. The first-order valence-corrected chi connectivity index (χ1v) is 9.63. The van der Waals surface area contributed by atoms with Crippen molar-refractivity contribution in [2.45, 2.75) is 27.2 Å². The largest absolute Gasteiger partial charge is 0.481 e. The number of benzene rings is 1. The van der Waals surface area contributed by atoms with Crippen LogP contribution in [-0.4, -0.2) is 55.0 Å². The van der Waals surface area contributed by atoms with Crippen LogP contribution in [0.2, 0.25) is 0 Å². The first-order chi connectivity index (χ1) is 13.8. The Balaban J connectivity index is 1.67. The molecule has 3 heterocycles. The molecule has 1 aliphatic rings. The number of pyridine rings is 1. The average Bonchev–Trinajstić information content (AvgIpc) is 3.32. The standard InChI is InChI=1S/C21H23N5O3/c1-13(2)21(20(28)29)8-10-25(12-21)19(27)18-14(3)26(24-23-18)17-6-4-5-15-11-22-9-7-16(15)17/h4-7,9,11,13H,8,10,12H2,1-3H3,(H,28,29). The van der Waals surface area contributed by atoms with Gasteiger partial charge < -0.3 is 10.0 Å². The number of aromatic nitrogens is 4.